The van der Waals surface area contributed by atoms with Crippen molar-refractivity contribution in [3.05, 3.63) is 22.7 Å². The topological polar surface area (TPSA) is 33.0 Å². The lowest BCUT2D eigenvalue weighted by molar-refractivity contribution is 0.202. The van der Waals surface area contributed by atoms with E-state index in [1.807, 2.05) is 18.2 Å². The predicted molar refractivity (Wildman–Crippen MR) is 84.1 cm³/mol. The minimum Gasteiger partial charge on any atom is -0.414 e. The summed E-state index contributed by atoms with van der Waals surface area (Å²) in [7, 11) is -1.67. The second-order valence-corrected chi connectivity index (χ2v) is 11.6. The Morgan fingerprint density at radius 2 is 2.00 bits per heavy atom. The Morgan fingerprint density at radius 1 is 1.44 bits per heavy atom. The molecule has 18 heavy (non-hydrogen) atoms. The highest BCUT2D eigenvalue weighted by Crippen LogP contribution is 2.37. The number of hydrogen-bond donors (Lipinski definition) is 0. The largest absolute Gasteiger partial charge is 0.414 e. The standard InChI is InChI=1S/C14H24BrNOSi/c1-12(9-7-8-10-13(15)11-16)17-18(5,6)14(2,3)4/h7-8,10,12H,9H2,1-6H3/b8-7+,13-10-. The summed E-state index contributed by atoms with van der Waals surface area (Å²) in [5, 5.41) is 8.81. The highest BCUT2D eigenvalue weighted by atomic mass is 79.9. The van der Waals surface area contributed by atoms with E-state index < -0.39 is 8.32 Å². The molecular formula is C14H24BrNOSi. The average molecular weight is 330 g/mol. The molecule has 0 rings (SSSR count). The van der Waals surface area contributed by atoms with Gasteiger partial charge in [-0.3, -0.25) is 0 Å². The van der Waals surface area contributed by atoms with Crippen LogP contribution >= 0.6 is 15.9 Å². The Balaban J connectivity index is 4.30. The zero-order chi connectivity index (χ0) is 14.4. The predicted octanol–water partition coefficient (Wildman–Crippen LogP) is 5.15. The monoisotopic (exact) mass is 329 g/mol. The van der Waals surface area contributed by atoms with E-state index in [0.717, 1.165) is 6.42 Å². The highest BCUT2D eigenvalue weighted by molar-refractivity contribution is 9.12. The van der Waals surface area contributed by atoms with Crippen LogP contribution in [0.15, 0.2) is 22.7 Å². The maximum Gasteiger partial charge on any atom is 0.192 e. The van der Waals surface area contributed by atoms with E-state index in [1.165, 1.54) is 0 Å². The molecule has 0 amide bonds. The number of halogens is 1. The van der Waals surface area contributed by atoms with E-state index in [0.29, 0.717) is 4.48 Å². The van der Waals surface area contributed by atoms with Gasteiger partial charge in [-0.1, -0.05) is 32.9 Å². The molecule has 0 saturated heterocycles. The molecule has 0 N–H and O–H groups in total. The van der Waals surface area contributed by atoms with Crippen LogP contribution in [0.1, 0.15) is 34.1 Å². The second-order valence-electron chi connectivity index (χ2n) is 5.98. The number of nitrogens with zero attached hydrogens (tertiary/aromatic N) is 1. The van der Waals surface area contributed by atoms with Gasteiger partial charge in [-0.2, -0.15) is 5.26 Å². The number of hydrogen-bond acceptors (Lipinski definition) is 2. The molecule has 0 spiro atoms. The maximum absolute atomic E-state index is 8.57. The third-order valence-corrected chi connectivity index (χ3v) is 8.30. The van der Waals surface area contributed by atoms with E-state index in [4.69, 9.17) is 9.69 Å². The lowest BCUT2D eigenvalue weighted by atomic mass is 10.2. The molecule has 0 aromatic carbocycles. The van der Waals surface area contributed by atoms with Gasteiger partial charge in [-0.25, -0.2) is 0 Å². The van der Waals surface area contributed by atoms with Crippen LogP contribution in [-0.4, -0.2) is 14.4 Å². The summed E-state index contributed by atoms with van der Waals surface area (Å²) >= 11 is 3.14. The van der Waals surface area contributed by atoms with Crippen LogP contribution in [0.5, 0.6) is 0 Å². The fraction of sp³-hybridized carbons (Fsp3) is 0.643. The van der Waals surface area contributed by atoms with Gasteiger partial charge in [0, 0.05) is 6.10 Å². The van der Waals surface area contributed by atoms with Crippen LogP contribution < -0.4 is 0 Å². The molecule has 0 aliphatic carbocycles. The first-order chi connectivity index (χ1) is 8.10. The second kappa shape index (κ2) is 7.27. The Hall–Kier alpha value is -0.373. The van der Waals surface area contributed by atoms with Gasteiger partial charge in [0.05, 0.1) is 4.48 Å². The van der Waals surface area contributed by atoms with Crippen LogP contribution in [-0.2, 0) is 4.43 Å². The van der Waals surface area contributed by atoms with Gasteiger partial charge in [0.1, 0.15) is 6.07 Å². The summed E-state index contributed by atoms with van der Waals surface area (Å²) in [6.07, 6.45) is 6.76. The number of allylic oxidation sites excluding steroid dienone is 3. The lowest BCUT2D eigenvalue weighted by Crippen LogP contribution is -2.43. The fourth-order valence-corrected chi connectivity index (χ4v) is 2.80. The first-order valence-electron chi connectivity index (χ1n) is 6.20. The molecule has 0 aliphatic rings. The van der Waals surface area contributed by atoms with E-state index >= 15 is 0 Å². The first-order valence-corrected chi connectivity index (χ1v) is 9.90. The summed E-state index contributed by atoms with van der Waals surface area (Å²) in [6.45, 7) is 13.4. The minimum absolute atomic E-state index is 0.219. The molecule has 2 nitrogen and oxygen atoms in total. The summed E-state index contributed by atoms with van der Waals surface area (Å²) in [4.78, 5) is 0. The molecule has 0 aliphatic heterocycles. The first kappa shape index (κ1) is 17.6. The number of nitriles is 1. The average Bonchev–Trinajstić information content (AvgIpc) is 2.21. The maximum atomic E-state index is 8.57. The van der Waals surface area contributed by atoms with Crippen molar-refractivity contribution < 1.29 is 4.43 Å². The van der Waals surface area contributed by atoms with Crippen LogP contribution in [0.4, 0.5) is 0 Å². The van der Waals surface area contributed by atoms with Crippen molar-refractivity contribution in [1.29, 1.82) is 5.26 Å². The van der Waals surface area contributed by atoms with Gasteiger partial charge in [-0.05, 0) is 53.5 Å². The zero-order valence-electron chi connectivity index (χ0n) is 12.2. The van der Waals surface area contributed by atoms with Crippen LogP contribution in [0, 0.1) is 11.3 Å². The minimum atomic E-state index is -1.67. The van der Waals surface area contributed by atoms with Gasteiger partial charge >= 0.3 is 0 Å². The third-order valence-electron chi connectivity index (χ3n) is 3.26. The van der Waals surface area contributed by atoms with Crippen molar-refractivity contribution in [1.82, 2.24) is 0 Å². The summed E-state index contributed by atoms with van der Waals surface area (Å²) in [5.41, 5.74) is 0. The Labute approximate surface area is 121 Å². The lowest BCUT2D eigenvalue weighted by Gasteiger charge is -2.38. The van der Waals surface area contributed by atoms with Crippen molar-refractivity contribution >= 4 is 24.2 Å². The van der Waals surface area contributed by atoms with Crippen molar-refractivity contribution in [2.45, 2.75) is 58.4 Å². The van der Waals surface area contributed by atoms with Crippen LogP contribution in [0.25, 0.3) is 0 Å². The van der Waals surface area contributed by atoms with Crippen LogP contribution in [0.3, 0.4) is 0 Å². The molecule has 0 radical (unpaired) electrons. The molecule has 102 valence electrons. The molecule has 1 atom stereocenters. The van der Waals surface area contributed by atoms with Gasteiger partial charge in [-0.15, -0.1) is 0 Å². The molecule has 1 unspecified atom stereocenters. The molecule has 4 heteroatoms. The Kier molecular flexibility index (Phi) is 7.12. The van der Waals surface area contributed by atoms with Crippen LogP contribution in [0.2, 0.25) is 18.1 Å². The van der Waals surface area contributed by atoms with E-state index in [-0.39, 0.29) is 11.1 Å². The Morgan fingerprint density at radius 3 is 2.44 bits per heavy atom. The van der Waals surface area contributed by atoms with Gasteiger partial charge in [0.25, 0.3) is 0 Å². The van der Waals surface area contributed by atoms with Gasteiger partial charge in [0.15, 0.2) is 8.32 Å². The molecule has 0 heterocycles. The van der Waals surface area contributed by atoms with E-state index in [9.17, 15) is 0 Å². The van der Waals surface area contributed by atoms with Gasteiger partial charge < -0.3 is 4.43 Å². The summed E-state index contributed by atoms with van der Waals surface area (Å²) in [5.74, 6) is 0. The van der Waals surface area contributed by atoms with Crippen molar-refractivity contribution in [2.75, 3.05) is 0 Å². The van der Waals surface area contributed by atoms with E-state index in [1.54, 1.807) is 6.08 Å². The highest BCUT2D eigenvalue weighted by Gasteiger charge is 2.38. The van der Waals surface area contributed by atoms with Gasteiger partial charge in [0.2, 0.25) is 0 Å². The summed E-state index contributed by atoms with van der Waals surface area (Å²) < 4.78 is 6.76. The van der Waals surface area contributed by atoms with E-state index in [2.05, 4.69) is 56.7 Å². The third kappa shape index (κ3) is 6.53. The fourth-order valence-electron chi connectivity index (χ4n) is 1.19. The van der Waals surface area contributed by atoms with Crippen molar-refractivity contribution in [2.24, 2.45) is 0 Å². The molecule has 0 saturated carbocycles. The van der Waals surface area contributed by atoms with Crippen molar-refractivity contribution in [3.63, 3.8) is 0 Å². The number of rotatable bonds is 5. The molecule has 0 bridgehead atoms. The van der Waals surface area contributed by atoms with Crippen molar-refractivity contribution in [3.8, 4) is 6.07 Å². The molecule has 0 fully saturated rings. The molecule has 0 aromatic rings. The normalized spacial score (nSPS) is 15.8. The smallest absolute Gasteiger partial charge is 0.192 e. The quantitative estimate of drug-likeness (QED) is 0.397. The SMILES string of the molecule is CC(C/C=C/C=C(\Br)C#N)O[Si](C)(C)C(C)(C)C. The Bertz CT molecular complexity index is 361. The molecular weight excluding hydrogens is 306 g/mol. The zero-order valence-corrected chi connectivity index (χ0v) is 14.8. The summed E-state index contributed by atoms with van der Waals surface area (Å²) in [6, 6.07) is 2.01. The molecule has 0 aromatic heterocycles.